The molecule has 39 heavy (non-hydrogen) atoms. The summed E-state index contributed by atoms with van der Waals surface area (Å²) in [5.74, 6) is -1.10. The number of aliphatic hydroxyl groups excluding tert-OH is 2. The molecule has 2 aliphatic carbocycles. The lowest BCUT2D eigenvalue weighted by Gasteiger charge is -2.58. The van der Waals surface area contributed by atoms with Gasteiger partial charge < -0.3 is 38.6 Å². The van der Waals surface area contributed by atoms with Gasteiger partial charge >= 0.3 is 11.9 Å². The predicted molar refractivity (Wildman–Crippen MR) is 133 cm³/mol. The molecule has 0 amide bonds. The Morgan fingerprint density at radius 2 is 1.90 bits per heavy atom. The van der Waals surface area contributed by atoms with Crippen molar-refractivity contribution in [1.29, 1.82) is 0 Å². The van der Waals surface area contributed by atoms with Gasteiger partial charge in [0.05, 0.1) is 36.9 Å². The highest BCUT2D eigenvalue weighted by atomic mass is 16.7. The molecular formula is C29H36O10. The molecule has 2 N–H and O–H groups in total. The van der Waals surface area contributed by atoms with Crippen molar-refractivity contribution in [3.63, 3.8) is 0 Å². The number of aliphatic hydroxyl groups is 2. The Morgan fingerprint density at radius 3 is 2.64 bits per heavy atom. The lowest BCUT2D eigenvalue weighted by atomic mass is 9.51. The number of ether oxygens (including phenoxy) is 6. The van der Waals surface area contributed by atoms with E-state index in [1.54, 1.807) is 0 Å². The van der Waals surface area contributed by atoms with E-state index in [4.69, 9.17) is 28.4 Å². The number of esters is 2. The molecule has 0 aromatic rings. The second-order valence-electron chi connectivity index (χ2n) is 12.6. The van der Waals surface area contributed by atoms with E-state index in [2.05, 4.69) is 19.9 Å². The maximum atomic E-state index is 13.5. The van der Waals surface area contributed by atoms with E-state index in [-0.39, 0.29) is 31.8 Å². The molecule has 7 aliphatic rings. The third-order valence-corrected chi connectivity index (χ3v) is 11.0. The number of allylic oxidation sites excluding steroid dienone is 3. The van der Waals surface area contributed by atoms with Gasteiger partial charge in [-0.2, -0.15) is 0 Å². The minimum absolute atomic E-state index is 0.0302. The van der Waals surface area contributed by atoms with Crippen LogP contribution in [0.3, 0.4) is 0 Å². The number of hydrogen-bond acceptors (Lipinski definition) is 10. The number of rotatable bonds is 1. The summed E-state index contributed by atoms with van der Waals surface area (Å²) in [6.07, 6.45) is 5.66. The molecule has 7 rings (SSSR count). The molecule has 212 valence electrons. The van der Waals surface area contributed by atoms with Crippen molar-refractivity contribution in [3.05, 3.63) is 36.0 Å². The smallest absolute Gasteiger partial charge is 0.338 e. The van der Waals surface area contributed by atoms with Crippen LogP contribution in [-0.2, 0) is 38.0 Å². The van der Waals surface area contributed by atoms with E-state index in [1.165, 1.54) is 36.8 Å². The van der Waals surface area contributed by atoms with Gasteiger partial charge in [0.1, 0.15) is 35.6 Å². The fourth-order valence-corrected chi connectivity index (χ4v) is 8.37. The molecule has 3 spiro atoms. The van der Waals surface area contributed by atoms with Crippen molar-refractivity contribution >= 4 is 11.9 Å². The molecule has 5 fully saturated rings. The molecule has 10 nitrogen and oxygen atoms in total. The third-order valence-electron chi connectivity index (χ3n) is 11.0. The fraction of sp³-hybridized carbons (Fsp3) is 0.724. The Labute approximate surface area is 226 Å². The van der Waals surface area contributed by atoms with Gasteiger partial charge in [0.15, 0.2) is 6.10 Å². The zero-order chi connectivity index (χ0) is 27.4. The molecule has 5 heterocycles. The van der Waals surface area contributed by atoms with E-state index in [1.807, 2.05) is 0 Å². The van der Waals surface area contributed by atoms with E-state index in [0.717, 1.165) is 6.42 Å². The maximum absolute atomic E-state index is 13.5. The minimum atomic E-state index is -1.53. The largest absolute Gasteiger partial charge is 0.463 e. The van der Waals surface area contributed by atoms with Gasteiger partial charge in [-0.05, 0) is 32.8 Å². The van der Waals surface area contributed by atoms with Crippen LogP contribution in [-0.4, -0.2) is 95.4 Å². The maximum Gasteiger partial charge on any atom is 0.338 e. The van der Waals surface area contributed by atoms with Crippen LogP contribution >= 0.6 is 0 Å². The molecule has 0 aromatic heterocycles. The summed E-state index contributed by atoms with van der Waals surface area (Å²) in [5.41, 5.74) is -3.53. The second kappa shape index (κ2) is 8.24. The molecule has 0 aromatic carbocycles. The first kappa shape index (κ1) is 25.9. The Bertz CT molecular complexity index is 1190. The van der Waals surface area contributed by atoms with Crippen LogP contribution < -0.4 is 0 Å². The summed E-state index contributed by atoms with van der Waals surface area (Å²) >= 11 is 0. The van der Waals surface area contributed by atoms with E-state index in [9.17, 15) is 19.8 Å². The molecule has 5 aliphatic heterocycles. The Balaban J connectivity index is 1.31. The van der Waals surface area contributed by atoms with Gasteiger partial charge in [-0.3, -0.25) is 0 Å². The van der Waals surface area contributed by atoms with E-state index < -0.39 is 64.0 Å². The van der Waals surface area contributed by atoms with Crippen LogP contribution in [0.2, 0.25) is 0 Å². The Hall–Kier alpha value is -2.08. The number of cyclic esters (lactones) is 1. The average molecular weight is 545 g/mol. The van der Waals surface area contributed by atoms with Gasteiger partial charge in [0.2, 0.25) is 0 Å². The molecule has 10 heteroatoms. The summed E-state index contributed by atoms with van der Waals surface area (Å²) in [5, 5.41) is 22.1. The van der Waals surface area contributed by atoms with Crippen molar-refractivity contribution < 1.29 is 48.2 Å². The van der Waals surface area contributed by atoms with Crippen LogP contribution in [0.25, 0.3) is 0 Å². The Kier molecular flexibility index (Phi) is 5.46. The van der Waals surface area contributed by atoms with Crippen molar-refractivity contribution in [2.24, 2.45) is 10.8 Å². The van der Waals surface area contributed by atoms with Gasteiger partial charge in [-0.25, -0.2) is 9.59 Å². The Morgan fingerprint density at radius 1 is 1.10 bits per heavy atom. The quantitative estimate of drug-likeness (QED) is 0.282. The summed E-state index contributed by atoms with van der Waals surface area (Å²) in [7, 11) is 0. The molecule has 0 radical (unpaired) electrons. The van der Waals surface area contributed by atoms with Crippen LogP contribution in [0.4, 0.5) is 0 Å². The van der Waals surface area contributed by atoms with Crippen molar-refractivity contribution in [3.8, 4) is 0 Å². The topological polar surface area (TPSA) is 137 Å². The summed E-state index contributed by atoms with van der Waals surface area (Å²) in [4.78, 5) is 26.6. The molecule has 0 unspecified atom stereocenters. The van der Waals surface area contributed by atoms with Gasteiger partial charge in [-0.1, -0.05) is 30.7 Å². The first-order valence-corrected chi connectivity index (χ1v) is 13.9. The van der Waals surface area contributed by atoms with E-state index in [0.29, 0.717) is 19.4 Å². The summed E-state index contributed by atoms with van der Waals surface area (Å²) in [6.45, 7) is 6.35. The SMILES string of the molecule is CC1=C[C@H]2O[C@@H]3C[C@H]4OC(=O)/C=C\C=C\[C@]5([C@H](C)O)OCC[C@]6(O[C@H]6C(=O)OC[C@@]2(CC1)[C@]4(C)[C@]31CO1)[C@H]5O. The number of carbonyl (C=O) groups is 2. The number of fused-ring (bicyclic) bond motifs is 1. The molecule has 11 atom stereocenters. The highest BCUT2D eigenvalue weighted by Crippen LogP contribution is 2.72. The normalized spacial score (nSPS) is 54.4. The first-order chi connectivity index (χ1) is 18.5. The minimum Gasteiger partial charge on any atom is -0.463 e. The number of carbonyl (C=O) groups excluding carboxylic acids is 2. The highest BCUT2D eigenvalue weighted by Gasteiger charge is 2.83. The molecule has 4 saturated heterocycles. The zero-order valence-corrected chi connectivity index (χ0v) is 22.5. The van der Waals surface area contributed by atoms with Gasteiger partial charge in [-0.15, -0.1) is 0 Å². The van der Waals surface area contributed by atoms with Crippen molar-refractivity contribution in [2.45, 2.75) is 99.9 Å². The third kappa shape index (κ3) is 3.18. The monoisotopic (exact) mass is 544 g/mol. The van der Waals surface area contributed by atoms with E-state index >= 15 is 0 Å². The lowest BCUT2D eigenvalue weighted by Crippen LogP contribution is -2.67. The average Bonchev–Trinajstić information content (AvgIpc) is 3.81. The molecular weight excluding hydrogens is 508 g/mol. The molecule has 1 saturated carbocycles. The zero-order valence-electron chi connectivity index (χ0n) is 22.5. The highest BCUT2D eigenvalue weighted by molar-refractivity contribution is 5.82. The summed E-state index contributed by atoms with van der Waals surface area (Å²) < 4.78 is 36.7. The summed E-state index contributed by atoms with van der Waals surface area (Å²) in [6, 6.07) is 0. The lowest BCUT2D eigenvalue weighted by molar-refractivity contribution is -0.233. The first-order valence-electron chi connectivity index (χ1n) is 13.9. The van der Waals surface area contributed by atoms with Crippen LogP contribution in [0.15, 0.2) is 36.0 Å². The van der Waals surface area contributed by atoms with Gasteiger partial charge in [0.25, 0.3) is 0 Å². The standard InChI is InChI=1S/C29H36O10/c1-16-7-9-26-14-34-23(32)22-28(39-22)10-11-35-27(17(2)30,24(28)33)8-5-4-6-21(31)38-18-13-20(37-19(26)12-16)29(15-36-29)25(18,26)3/h4-6,8,12,17-20,22,24,30,33H,7,9-11,13-15H2,1-3H3/b6-4-,8-5+/t17-,18+,19+,20+,22-,24-,25+,26+,27+,28+,29-/m0/s1. The van der Waals surface area contributed by atoms with Gasteiger partial charge in [0, 0.05) is 24.3 Å². The number of epoxide rings is 2. The second-order valence-corrected chi connectivity index (χ2v) is 12.6. The van der Waals surface area contributed by atoms with Crippen molar-refractivity contribution in [2.75, 3.05) is 19.8 Å². The predicted octanol–water partition coefficient (Wildman–Crippen LogP) is 1.28. The van der Waals surface area contributed by atoms with Crippen molar-refractivity contribution in [1.82, 2.24) is 0 Å². The number of hydrogen-bond donors (Lipinski definition) is 2. The molecule has 4 bridgehead atoms. The van der Waals surface area contributed by atoms with Crippen LogP contribution in [0.5, 0.6) is 0 Å². The fourth-order valence-electron chi connectivity index (χ4n) is 8.37. The van der Waals surface area contributed by atoms with Crippen LogP contribution in [0.1, 0.15) is 46.5 Å². The van der Waals surface area contributed by atoms with Crippen LogP contribution in [0, 0.1) is 10.8 Å².